The summed E-state index contributed by atoms with van der Waals surface area (Å²) in [6.07, 6.45) is 3.56. The van der Waals surface area contributed by atoms with Crippen LogP contribution >= 0.6 is 0 Å². The molecule has 0 saturated heterocycles. The van der Waals surface area contributed by atoms with Crippen molar-refractivity contribution in [2.75, 3.05) is 6.54 Å². The lowest BCUT2D eigenvalue weighted by atomic mass is 10.1. The van der Waals surface area contributed by atoms with Crippen LogP contribution in [0.15, 0.2) is 35.9 Å². The molecule has 0 unspecified atom stereocenters. The van der Waals surface area contributed by atoms with Crippen molar-refractivity contribution in [1.82, 2.24) is 0 Å². The van der Waals surface area contributed by atoms with Crippen molar-refractivity contribution in [2.24, 2.45) is 17.6 Å². The van der Waals surface area contributed by atoms with Gasteiger partial charge in [0.15, 0.2) is 0 Å². The zero-order valence-corrected chi connectivity index (χ0v) is 8.61. The quantitative estimate of drug-likeness (QED) is 0.773. The van der Waals surface area contributed by atoms with Gasteiger partial charge in [0.05, 0.1) is 0 Å². The van der Waals surface area contributed by atoms with Crippen LogP contribution in [0.5, 0.6) is 0 Å². The van der Waals surface area contributed by atoms with E-state index in [-0.39, 0.29) is 0 Å². The van der Waals surface area contributed by atoms with Crippen LogP contribution in [0.3, 0.4) is 0 Å². The van der Waals surface area contributed by atoms with Crippen LogP contribution in [0, 0.1) is 11.8 Å². The highest BCUT2D eigenvalue weighted by Crippen LogP contribution is 2.43. The molecule has 1 aliphatic rings. The van der Waals surface area contributed by atoms with Crippen molar-refractivity contribution >= 4 is 6.08 Å². The molecule has 1 fully saturated rings. The SMILES string of the molecule is C/C(=C\c1ccccc1)[C@@H]1C[C@H]1CN. The smallest absolute Gasteiger partial charge is 0.00429 e. The number of nitrogens with two attached hydrogens (primary N) is 1. The van der Waals surface area contributed by atoms with Crippen molar-refractivity contribution in [3.8, 4) is 0 Å². The first-order valence-corrected chi connectivity index (χ1v) is 5.24. The van der Waals surface area contributed by atoms with E-state index in [1.54, 1.807) is 0 Å². The maximum absolute atomic E-state index is 5.63. The molecule has 0 heterocycles. The van der Waals surface area contributed by atoms with E-state index >= 15 is 0 Å². The molecule has 0 aromatic heterocycles. The summed E-state index contributed by atoms with van der Waals surface area (Å²) < 4.78 is 0. The molecule has 1 heteroatoms. The van der Waals surface area contributed by atoms with Gasteiger partial charge in [-0.1, -0.05) is 42.0 Å². The maximum Gasteiger partial charge on any atom is -0.00429 e. The van der Waals surface area contributed by atoms with Crippen molar-refractivity contribution in [3.63, 3.8) is 0 Å². The Morgan fingerprint density at radius 2 is 2.14 bits per heavy atom. The highest BCUT2D eigenvalue weighted by atomic mass is 14.6. The Hall–Kier alpha value is -1.08. The second-order valence-corrected chi connectivity index (χ2v) is 4.14. The fourth-order valence-corrected chi connectivity index (χ4v) is 1.98. The minimum absolute atomic E-state index is 0.745. The third-order valence-electron chi connectivity index (χ3n) is 3.00. The Bertz CT molecular complexity index is 326. The van der Waals surface area contributed by atoms with Gasteiger partial charge < -0.3 is 5.73 Å². The molecule has 1 aromatic rings. The molecule has 0 amide bonds. The van der Waals surface area contributed by atoms with Gasteiger partial charge in [-0.25, -0.2) is 0 Å². The van der Waals surface area contributed by atoms with Gasteiger partial charge in [-0.3, -0.25) is 0 Å². The summed E-state index contributed by atoms with van der Waals surface area (Å²) in [4.78, 5) is 0. The topological polar surface area (TPSA) is 26.0 Å². The second kappa shape index (κ2) is 3.97. The molecular formula is C13H17N. The maximum atomic E-state index is 5.63. The third kappa shape index (κ3) is 2.05. The van der Waals surface area contributed by atoms with Crippen LogP contribution in [0.4, 0.5) is 0 Å². The summed E-state index contributed by atoms with van der Waals surface area (Å²) >= 11 is 0. The molecule has 2 atom stereocenters. The number of benzene rings is 1. The van der Waals surface area contributed by atoms with Crippen LogP contribution in [-0.2, 0) is 0 Å². The number of hydrogen-bond donors (Lipinski definition) is 1. The van der Waals surface area contributed by atoms with Crippen LogP contribution in [0.1, 0.15) is 18.9 Å². The fraction of sp³-hybridized carbons (Fsp3) is 0.385. The van der Waals surface area contributed by atoms with Crippen LogP contribution in [-0.4, -0.2) is 6.54 Å². The Labute approximate surface area is 85.6 Å². The Kier molecular flexibility index (Phi) is 2.69. The summed E-state index contributed by atoms with van der Waals surface area (Å²) in [5.74, 6) is 1.50. The van der Waals surface area contributed by atoms with Gasteiger partial charge in [0.2, 0.25) is 0 Å². The first-order valence-electron chi connectivity index (χ1n) is 5.24. The van der Waals surface area contributed by atoms with E-state index in [1.165, 1.54) is 17.6 Å². The molecule has 14 heavy (non-hydrogen) atoms. The zero-order valence-electron chi connectivity index (χ0n) is 8.61. The molecule has 1 aliphatic carbocycles. The molecule has 1 saturated carbocycles. The molecule has 74 valence electrons. The van der Waals surface area contributed by atoms with Gasteiger partial charge in [0.25, 0.3) is 0 Å². The van der Waals surface area contributed by atoms with E-state index in [4.69, 9.17) is 5.73 Å². The monoisotopic (exact) mass is 187 g/mol. The third-order valence-corrected chi connectivity index (χ3v) is 3.00. The summed E-state index contributed by atoms with van der Waals surface area (Å²) in [6.45, 7) is 3.05. The Morgan fingerprint density at radius 3 is 2.71 bits per heavy atom. The van der Waals surface area contributed by atoms with E-state index in [0.717, 1.165) is 18.4 Å². The zero-order chi connectivity index (χ0) is 9.97. The predicted octanol–water partition coefficient (Wildman–Crippen LogP) is 2.68. The lowest BCUT2D eigenvalue weighted by Crippen LogP contribution is -2.02. The normalized spacial score (nSPS) is 26.3. The molecule has 1 aromatic carbocycles. The minimum atomic E-state index is 0.745. The summed E-state index contributed by atoms with van der Waals surface area (Å²) in [5, 5.41) is 0. The Balaban J connectivity index is 2.05. The van der Waals surface area contributed by atoms with Crippen LogP contribution < -0.4 is 5.73 Å². The van der Waals surface area contributed by atoms with Crippen LogP contribution in [0.2, 0.25) is 0 Å². The number of hydrogen-bond acceptors (Lipinski definition) is 1. The van der Waals surface area contributed by atoms with Crippen molar-refractivity contribution in [1.29, 1.82) is 0 Å². The lowest BCUT2D eigenvalue weighted by Gasteiger charge is -1.99. The van der Waals surface area contributed by atoms with E-state index < -0.39 is 0 Å². The van der Waals surface area contributed by atoms with Gasteiger partial charge in [-0.05, 0) is 37.3 Å². The highest BCUT2D eigenvalue weighted by molar-refractivity contribution is 5.53. The van der Waals surface area contributed by atoms with E-state index in [1.807, 2.05) is 6.07 Å². The largest absolute Gasteiger partial charge is 0.330 e. The van der Waals surface area contributed by atoms with E-state index in [0.29, 0.717) is 0 Å². The molecule has 2 N–H and O–H groups in total. The molecule has 0 bridgehead atoms. The van der Waals surface area contributed by atoms with Gasteiger partial charge in [0.1, 0.15) is 0 Å². The Morgan fingerprint density at radius 1 is 1.43 bits per heavy atom. The number of rotatable bonds is 3. The lowest BCUT2D eigenvalue weighted by molar-refractivity contribution is 0.778. The summed E-state index contributed by atoms with van der Waals surface area (Å²) in [7, 11) is 0. The summed E-state index contributed by atoms with van der Waals surface area (Å²) in [6, 6.07) is 10.5. The van der Waals surface area contributed by atoms with Crippen LogP contribution in [0.25, 0.3) is 6.08 Å². The van der Waals surface area contributed by atoms with Gasteiger partial charge in [-0.15, -0.1) is 0 Å². The standard InChI is InChI=1S/C13H17N/c1-10(13-8-12(13)9-14)7-11-5-3-2-4-6-11/h2-7,12-13H,8-9,14H2,1H3/b10-7+/t12-,13-/m0/s1. The molecule has 2 rings (SSSR count). The van der Waals surface area contributed by atoms with Crippen molar-refractivity contribution in [3.05, 3.63) is 41.5 Å². The van der Waals surface area contributed by atoms with Gasteiger partial charge >= 0.3 is 0 Å². The average molecular weight is 187 g/mol. The van der Waals surface area contributed by atoms with E-state index in [9.17, 15) is 0 Å². The molecule has 1 nitrogen and oxygen atoms in total. The highest BCUT2D eigenvalue weighted by Gasteiger charge is 2.36. The first kappa shape index (κ1) is 9.47. The van der Waals surface area contributed by atoms with Gasteiger partial charge in [0, 0.05) is 0 Å². The summed E-state index contributed by atoms with van der Waals surface area (Å²) in [5.41, 5.74) is 8.41. The fourth-order valence-electron chi connectivity index (χ4n) is 1.98. The molecule has 0 aliphatic heterocycles. The minimum Gasteiger partial charge on any atom is -0.330 e. The predicted molar refractivity (Wildman–Crippen MR) is 60.7 cm³/mol. The average Bonchev–Trinajstić information content (AvgIpc) is 2.98. The first-order chi connectivity index (χ1) is 6.81. The second-order valence-electron chi connectivity index (χ2n) is 4.14. The molecular weight excluding hydrogens is 170 g/mol. The van der Waals surface area contributed by atoms with Crippen molar-refractivity contribution in [2.45, 2.75) is 13.3 Å². The molecule has 0 radical (unpaired) electrons. The van der Waals surface area contributed by atoms with Crippen molar-refractivity contribution < 1.29 is 0 Å². The number of allylic oxidation sites excluding steroid dienone is 1. The van der Waals surface area contributed by atoms with Gasteiger partial charge in [-0.2, -0.15) is 0 Å². The molecule has 0 spiro atoms. The van der Waals surface area contributed by atoms with E-state index in [2.05, 4.69) is 37.3 Å².